The van der Waals surface area contributed by atoms with Crippen LogP contribution in [0.4, 0.5) is 23.7 Å². The Morgan fingerprint density at radius 1 is 1.12 bits per heavy atom. The van der Waals surface area contributed by atoms with Gasteiger partial charge in [-0.05, 0) is 36.4 Å². The average molecular weight is 353 g/mol. The lowest BCUT2D eigenvalue weighted by atomic mass is 10.2. The number of hydrogen-bond donors (Lipinski definition) is 2. The maximum absolute atomic E-state index is 12.6. The lowest BCUT2D eigenvalue weighted by Crippen LogP contribution is -2.29. The Balaban J connectivity index is 1.88. The highest BCUT2D eigenvalue weighted by Gasteiger charge is 2.30. The summed E-state index contributed by atoms with van der Waals surface area (Å²) in [5.74, 6) is 5.53. The molecule has 0 heterocycles. The molecular formula is C17H12ClF3N2O. The van der Waals surface area contributed by atoms with E-state index in [-0.39, 0.29) is 12.2 Å². The molecule has 2 aromatic rings. The lowest BCUT2D eigenvalue weighted by Gasteiger charge is -2.09. The first-order valence-corrected chi connectivity index (χ1v) is 7.19. The van der Waals surface area contributed by atoms with E-state index in [4.69, 9.17) is 11.6 Å². The number of anilines is 1. The highest BCUT2D eigenvalue weighted by Crippen LogP contribution is 2.30. The minimum absolute atomic E-state index is 0.0390. The molecule has 0 spiro atoms. The Bertz CT molecular complexity index is 794. The predicted molar refractivity (Wildman–Crippen MR) is 86.8 cm³/mol. The maximum atomic E-state index is 12.6. The molecule has 124 valence electrons. The SMILES string of the molecule is O=C(NCC#Cc1cccc(Cl)c1)Nc1cccc(C(F)(F)F)c1. The third kappa shape index (κ3) is 5.52. The highest BCUT2D eigenvalue weighted by atomic mass is 35.5. The summed E-state index contributed by atoms with van der Waals surface area (Å²) in [5, 5.41) is 5.31. The summed E-state index contributed by atoms with van der Waals surface area (Å²) in [6.07, 6.45) is -4.46. The van der Waals surface area contributed by atoms with Gasteiger partial charge < -0.3 is 10.6 Å². The van der Waals surface area contributed by atoms with E-state index in [1.807, 2.05) is 0 Å². The molecule has 0 aliphatic rings. The molecule has 0 fully saturated rings. The van der Waals surface area contributed by atoms with E-state index in [1.54, 1.807) is 24.3 Å². The zero-order valence-corrected chi connectivity index (χ0v) is 13.0. The molecule has 3 nitrogen and oxygen atoms in total. The zero-order chi connectivity index (χ0) is 17.6. The number of benzene rings is 2. The number of alkyl halides is 3. The van der Waals surface area contributed by atoms with Crippen LogP contribution >= 0.6 is 11.6 Å². The summed E-state index contributed by atoms with van der Waals surface area (Å²) in [4.78, 5) is 11.6. The van der Waals surface area contributed by atoms with Crippen molar-refractivity contribution in [2.75, 3.05) is 11.9 Å². The van der Waals surface area contributed by atoms with E-state index in [0.29, 0.717) is 10.6 Å². The largest absolute Gasteiger partial charge is 0.416 e. The zero-order valence-electron chi connectivity index (χ0n) is 12.2. The molecule has 7 heteroatoms. The molecule has 0 aromatic heterocycles. The van der Waals surface area contributed by atoms with E-state index in [1.165, 1.54) is 12.1 Å². The summed E-state index contributed by atoms with van der Waals surface area (Å²) < 4.78 is 37.8. The number of rotatable bonds is 2. The first kappa shape index (κ1) is 17.7. The smallest absolute Gasteiger partial charge is 0.327 e. The summed E-state index contributed by atoms with van der Waals surface area (Å²) in [6, 6.07) is 10.6. The number of carbonyl (C=O) groups is 1. The van der Waals surface area contributed by atoms with Gasteiger partial charge in [0.2, 0.25) is 0 Å². The van der Waals surface area contributed by atoms with Crippen LogP contribution in [0.5, 0.6) is 0 Å². The van der Waals surface area contributed by atoms with Crippen LogP contribution in [0, 0.1) is 11.8 Å². The molecule has 0 saturated carbocycles. The lowest BCUT2D eigenvalue weighted by molar-refractivity contribution is -0.137. The van der Waals surface area contributed by atoms with Crippen LogP contribution in [0.25, 0.3) is 0 Å². The maximum Gasteiger partial charge on any atom is 0.416 e. The summed E-state index contributed by atoms with van der Waals surface area (Å²) >= 11 is 5.82. The van der Waals surface area contributed by atoms with Gasteiger partial charge >= 0.3 is 12.2 Å². The van der Waals surface area contributed by atoms with E-state index >= 15 is 0 Å². The monoisotopic (exact) mass is 352 g/mol. The molecule has 2 amide bonds. The quantitative estimate of drug-likeness (QED) is 0.766. The first-order chi connectivity index (χ1) is 11.3. The Morgan fingerprint density at radius 2 is 1.88 bits per heavy atom. The second-order valence-corrected chi connectivity index (χ2v) is 5.13. The number of hydrogen-bond acceptors (Lipinski definition) is 1. The van der Waals surface area contributed by atoms with Crippen LogP contribution in [0.15, 0.2) is 48.5 Å². The molecule has 2 N–H and O–H groups in total. The summed E-state index contributed by atoms with van der Waals surface area (Å²) in [7, 11) is 0. The average Bonchev–Trinajstić information content (AvgIpc) is 2.51. The fourth-order valence-electron chi connectivity index (χ4n) is 1.79. The van der Waals surface area contributed by atoms with Crippen molar-refractivity contribution in [2.24, 2.45) is 0 Å². The molecule has 0 unspecified atom stereocenters. The van der Waals surface area contributed by atoms with Crippen LogP contribution in [0.1, 0.15) is 11.1 Å². The van der Waals surface area contributed by atoms with Gasteiger partial charge in [-0.2, -0.15) is 13.2 Å². The Labute approximate surface area is 141 Å². The van der Waals surface area contributed by atoms with Crippen molar-refractivity contribution in [2.45, 2.75) is 6.18 Å². The third-order valence-corrected chi connectivity index (χ3v) is 3.08. The van der Waals surface area contributed by atoms with Gasteiger partial charge in [0.15, 0.2) is 0 Å². The Kier molecular flexibility index (Phi) is 5.72. The van der Waals surface area contributed by atoms with Gasteiger partial charge in [-0.25, -0.2) is 4.79 Å². The van der Waals surface area contributed by atoms with Crippen molar-refractivity contribution < 1.29 is 18.0 Å². The molecule has 24 heavy (non-hydrogen) atoms. The predicted octanol–water partition coefficient (Wildman–Crippen LogP) is 4.53. The third-order valence-electron chi connectivity index (χ3n) is 2.84. The second-order valence-electron chi connectivity index (χ2n) is 4.70. The molecule has 2 rings (SSSR count). The fraction of sp³-hybridized carbons (Fsp3) is 0.118. The van der Waals surface area contributed by atoms with Crippen molar-refractivity contribution in [1.82, 2.24) is 5.32 Å². The number of carbonyl (C=O) groups excluding carboxylic acids is 1. The highest BCUT2D eigenvalue weighted by molar-refractivity contribution is 6.30. The van der Waals surface area contributed by atoms with Gasteiger partial charge in [0.25, 0.3) is 0 Å². The van der Waals surface area contributed by atoms with Gasteiger partial charge in [0.05, 0.1) is 12.1 Å². The number of amides is 2. The molecule has 0 aliphatic carbocycles. The fourth-order valence-corrected chi connectivity index (χ4v) is 1.98. The van der Waals surface area contributed by atoms with Crippen molar-refractivity contribution in [3.05, 3.63) is 64.7 Å². The van der Waals surface area contributed by atoms with Crippen LogP contribution in [-0.4, -0.2) is 12.6 Å². The number of urea groups is 1. The topological polar surface area (TPSA) is 41.1 Å². The van der Waals surface area contributed by atoms with E-state index in [9.17, 15) is 18.0 Å². The van der Waals surface area contributed by atoms with Crippen LogP contribution in [0.2, 0.25) is 5.02 Å². The number of nitrogens with one attached hydrogen (secondary N) is 2. The first-order valence-electron chi connectivity index (χ1n) is 6.81. The molecular weight excluding hydrogens is 341 g/mol. The molecule has 0 saturated heterocycles. The summed E-state index contributed by atoms with van der Waals surface area (Å²) in [5.41, 5.74) is -0.0891. The molecule has 0 radical (unpaired) electrons. The van der Waals surface area contributed by atoms with Gasteiger partial charge in [0.1, 0.15) is 0 Å². The van der Waals surface area contributed by atoms with Gasteiger partial charge in [-0.15, -0.1) is 0 Å². The van der Waals surface area contributed by atoms with Crippen LogP contribution in [-0.2, 0) is 6.18 Å². The van der Waals surface area contributed by atoms with Crippen molar-refractivity contribution in [3.63, 3.8) is 0 Å². The van der Waals surface area contributed by atoms with Crippen molar-refractivity contribution >= 4 is 23.3 Å². The Morgan fingerprint density at radius 3 is 2.58 bits per heavy atom. The summed E-state index contributed by atoms with van der Waals surface area (Å²) in [6.45, 7) is 0.0390. The minimum atomic E-state index is -4.46. The second kappa shape index (κ2) is 7.75. The standard InChI is InChI=1S/C17H12ClF3N2O/c18-14-7-1-4-12(10-14)5-3-9-22-16(24)23-15-8-2-6-13(11-15)17(19,20)21/h1-2,4,6-8,10-11H,9H2,(H2,22,23,24). The minimum Gasteiger partial charge on any atom is -0.327 e. The normalized spacial score (nSPS) is 10.5. The molecule has 0 aliphatic heterocycles. The molecule has 0 atom stereocenters. The van der Waals surface area contributed by atoms with Crippen LogP contribution in [0.3, 0.4) is 0 Å². The number of halogens is 4. The van der Waals surface area contributed by atoms with Crippen molar-refractivity contribution in [3.8, 4) is 11.8 Å². The van der Waals surface area contributed by atoms with E-state index in [2.05, 4.69) is 22.5 Å². The van der Waals surface area contributed by atoms with Crippen LogP contribution < -0.4 is 10.6 Å². The van der Waals surface area contributed by atoms with Gasteiger partial charge in [-0.3, -0.25) is 0 Å². The molecule has 2 aromatic carbocycles. The van der Waals surface area contributed by atoms with Crippen molar-refractivity contribution in [1.29, 1.82) is 0 Å². The molecule has 0 bridgehead atoms. The van der Waals surface area contributed by atoms with E-state index < -0.39 is 17.8 Å². The van der Waals surface area contributed by atoms with Gasteiger partial charge in [-0.1, -0.05) is 35.6 Å². The Hall–Kier alpha value is -2.65. The van der Waals surface area contributed by atoms with E-state index in [0.717, 1.165) is 12.1 Å². The van der Waals surface area contributed by atoms with Gasteiger partial charge in [0, 0.05) is 16.3 Å².